The average Bonchev–Trinajstić information content (AvgIpc) is 2.72. The van der Waals surface area contributed by atoms with E-state index in [1.54, 1.807) is 18.3 Å². The van der Waals surface area contributed by atoms with Crippen molar-refractivity contribution in [3.8, 4) is 11.6 Å². The predicted molar refractivity (Wildman–Crippen MR) is 99.2 cm³/mol. The second-order valence-corrected chi connectivity index (χ2v) is 5.66. The number of hydrogen-bond donors (Lipinski definition) is 1. The Balaban J connectivity index is 1.53. The minimum absolute atomic E-state index is 0.223. The Labute approximate surface area is 152 Å². The summed E-state index contributed by atoms with van der Waals surface area (Å²) >= 11 is 0. The molecule has 132 valence electrons. The van der Waals surface area contributed by atoms with Crippen LogP contribution in [-0.4, -0.2) is 18.0 Å². The van der Waals surface area contributed by atoms with E-state index in [-0.39, 0.29) is 5.91 Å². The zero-order chi connectivity index (χ0) is 18.2. The fraction of sp³-hybridized carbons (Fsp3) is 0.143. The second-order valence-electron chi connectivity index (χ2n) is 5.66. The van der Waals surface area contributed by atoms with Crippen molar-refractivity contribution >= 4 is 5.91 Å². The molecule has 0 bridgehead atoms. The van der Waals surface area contributed by atoms with Gasteiger partial charge in [0.15, 0.2) is 0 Å². The first-order valence-corrected chi connectivity index (χ1v) is 8.29. The van der Waals surface area contributed by atoms with E-state index in [1.165, 1.54) is 7.11 Å². The molecule has 1 heterocycles. The number of hydrogen-bond acceptors (Lipinski definition) is 4. The largest absolute Gasteiger partial charge is 0.489 e. The van der Waals surface area contributed by atoms with Gasteiger partial charge in [0.05, 0.1) is 7.11 Å². The summed E-state index contributed by atoms with van der Waals surface area (Å²) in [5.41, 5.74) is 2.51. The lowest BCUT2D eigenvalue weighted by atomic mass is 10.2. The highest BCUT2D eigenvalue weighted by Gasteiger charge is 2.12. The van der Waals surface area contributed by atoms with Crippen LogP contribution in [0.25, 0.3) is 0 Å². The van der Waals surface area contributed by atoms with Crippen molar-refractivity contribution in [3.05, 3.63) is 89.6 Å². The summed E-state index contributed by atoms with van der Waals surface area (Å²) in [6, 6.07) is 21.1. The number of nitrogens with zero attached hydrogens (tertiary/aromatic N) is 1. The number of carbonyl (C=O) groups is 1. The predicted octanol–water partition coefficient (Wildman–Crippen LogP) is 3.60. The summed E-state index contributed by atoms with van der Waals surface area (Å²) in [6.07, 6.45) is 1.59. The summed E-state index contributed by atoms with van der Waals surface area (Å²) in [5.74, 6) is 0.881. The van der Waals surface area contributed by atoms with E-state index >= 15 is 0 Å². The van der Waals surface area contributed by atoms with Crippen molar-refractivity contribution in [2.24, 2.45) is 0 Å². The molecule has 1 aromatic heterocycles. The first-order valence-electron chi connectivity index (χ1n) is 8.29. The van der Waals surface area contributed by atoms with Crippen molar-refractivity contribution in [1.29, 1.82) is 0 Å². The number of rotatable bonds is 7. The van der Waals surface area contributed by atoms with Gasteiger partial charge in [-0.15, -0.1) is 0 Å². The zero-order valence-corrected chi connectivity index (χ0v) is 14.5. The van der Waals surface area contributed by atoms with Crippen LogP contribution in [0.1, 0.15) is 21.5 Å². The molecular weight excluding hydrogens is 328 g/mol. The Morgan fingerprint density at radius 3 is 2.46 bits per heavy atom. The van der Waals surface area contributed by atoms with E-state index in [9.17, 15) is 4.79 Å². The van der Waals surface area contributed by atoms with Gasteiger partial charge in [-0.1, -0.05) is 42.5 Å². The lowest BCUT2D eigenvalue weighted by Crippen LogP contribution is -2.23. The molecule has 0 atom stereocenters. The van der Waals surface area contributed by atoms with Gasteiger partial charge in [-0.2, -0.15) is 0 Å². The van der Waals surface area contributed by atoms with Crippen LogP contribution in [0.15, 0.2) is 72.9 Å². The number of amides is 1. The van der Waals surface area contributed by atoms with Crippen molar-refractivity contribution in [2.75, 3.05) is 7.11 Å². The number of aromatic nitrogens is 1. The molecule has 1 N–H and O–H groups in total. The molecule has 26 heavy (non-hydrogen) atoms. The van der Waals surface area contributed by atoms with Gasteiger partial charge in [0.1, 0.15) is 17.9 Å². The minimum atomic E-state index is -0.223. The van der Waals surface area contributed by atoms with Gasteiger partial charge >= 0.3 is 0 Å². The van der Waals surface area contributed by atoms with Crippen LogP contribution >= 0.6 is 0 Å². The smallest absolute Gasteiger partial charge is 0.257 e. The quantitative estimate of drug-likeness (QED) is 0.709. The molecule has 0 spiro atoms. The molecule has 0 radical (unpaired) electrons. The lowest BCUT2D eigenvalue weighted by Gasteiger charge is -2.09. The maximum absolute atomic E-state index is 12.3. The molecule has 5 heteroatoms. The van der Waals surface area contributed by atoms with E-state index in [2.05, 4.69) is 10.3 Å². The molecule has 0 unspecified atom stereocenters. The normalized spacial score (nSPS) is 10.2. The molecule has 2 aromatic carbocycles. The van der Waals surface area contributed by atoms with Crippen LogP contribution in [0.4, 0.5) is 0 Å². The third-order valence-corrected chi connectivity index (χ3v) is 3.83. The first kappa shape index (κ1) is 17.5. The molecule has 0 saturated carbocycles. The fourth-order valence-corrected chi connectivity index (χ4v) is 2.45. The van der Waals surface area contributed by atoms with Gasteiger partial charge < -0.3 is 14.8 Å². The molecule has 3 rings (SSSR count). The SMILES string of the molecule is COc1ncccc1C(=O)NCc1ccc(OCc2ccccc2)cc1. The maximum Gasteiger partial charge on any atom is 0.257 e. The van der Waals surface area contributed by atoms with Gasteiger partial charge in [-0.3, -0.25) is 4.79 Å². The summed E-state index contributed by atoms with van der Waals surface area (Å²) in [4.78, 5) is 16.3. The molecule has 5 nitrogen and oxygen atoms in total. The second kappa shape index (κ2) is 8.67. The van der Waals surface area contributed by atoms with Crippen LogP contribution in [0.2, 0.25) is 0 Å². The van der Waals surface area contributed by atoms with Crippen LogP contribution in [-0.2, 0) is 13.2 Å². The van der Waals surface area contributed by atoms with Crippen molar-refractivity contribution in [2.45, 2.75) is 13.2 Å². The molecule has 0 aliphatic carbocycles. The van der Waals surface area contributed by atoms with Crippen LogP contribution in [0, 0.1) is 0 Å². The number of ether oxygens (including phenoxy) is 2. The summed E-state index contributed by atoms with van der Waals surface area (Å²) < 4.78 is 10.9. The summed E-state index contributed by atoms with van der Waals surface area (Å²) in [7, 11) is 1.49. The average molecular weight is 348 g/mol. The minimum Gasteiger partial charge on any atom is -0.489 e. The Morgan fingerprint density at radius 2 is 1.73 bits per heavy atom. The van der Waals surface area contributed by atoms with E-state index < -0.39 is 0 Å². The van der Waals surface area contributed by atoms with Crippen LogP contribution in [0.5, 0.6) is 11.6 Å². The number of methoxy groups -OCH3 is 1. The van der Waals surface area contributed by atoms with E-state index in [0.29, 0.717) is 24.6 Å². The van der Waals surface area contributed by atoms with E-state index in [0.717, 1.165) is 16.9 Å². The van der Waals surface area contributed by atoms with Gasteiger partial charge in [-0.05, 0) is 35.4 Å². The van der Waals surface area contributed by atoms with Crippen molar-refractivity contribution in [3.63, 3.8) is 0 Å². The summed E-state index contributed by atoms with van der Waals surface area (Å²) in [5, 5.41) is 2.87. The van der Waals surface area contributed by atoms with Crippen LogP contribution in [0.3, 0.4) is 0 Å². The first-order chi connectivity index (χ1) is 12.8. The van der Waals surface area contributed by atoms with Gasteiger partial charge in [0.2, 0.25) is 5.88 Å². The Morgan fingerprint density at radius 1 is 0.962 bits per heavy atom. The standard InChI is InChI=1S/C21H20N2O3/c1-25-21-19(8-5-13-22-21)20(24)23-14-16-9-11-18(12-10-16)26-15-17-6-3-2-4-7-17/h2-13H,14-15H2,1H3,(H,23,24). The van der Waals surface area contributed by atoms with E-state index in [4.69, 9.17) is 9.47 Å². The fourth-order valence-electron chi connectivity index (χ4n) is 2.45. The number of carbonyl (C=O) groups excluding carboxylic acids is 1. The highest BCUT2D eigenvalue weighted by atomic mass is 16.5. The van der Waals surface area contributed by atoms with Crippen molar-refractivity contribution in [1.82, 2.24) is 10.3 Å². The Kier molecular flexibility index (Phi) is 5.83. The lowest BCUT2D eigenvalue weighted by molar-refractivity contribution is 0.0947. The Bertz CT molecular complexity index is 849. The number of benzene rings is 2. The molecule has 1 amide bonds. The van der Waals surface area contributed by atoms with Gasteiger partial charge in [0.25, 0.3) is 5.91 Å². The highest BCUT2D eigenvalue weighted by Crippen LogP contribution is 2.16. The highest BCUT2D eigenvalue weighted by molar-refractivity contribution is 5.96. The monoisotopic (exact) mass is 348 g/mol. The molecule has 0 saturated heterocycles. The van der Waals surface area contributed by atoms with Crippen molar-refractivity contribution < 1.29 is 14.3 Å². The topological polar surface area (TPSA) is 60.5 Å². The summed E-state index contributed by atoms with van der Waals surface area (Å²) in [6.45, 7) is 0.938. The van der Waals surface area contributed by atoms with Gasteiger partial charge in [0, 0.05) is 12.7 Å². The molecule has 0 fully saturated rings. The molecule has 3 aromatic rings. The Hall–Kier alpha value is -3.34. The van der Waals surface area contributed by atoms with Crippen LogP contribution < -0.4 is 14.8 Å². The molecule has 0 aliphatic rings. The van der Waals surface area contributed by atoms with E-state index in [1.807, 2.05) is 54.6 Å². The zero-order valence-electron chi connectivity index (χ0n) is 14.5. The van der Waals surface area contributed by atoms with Gasteiger partial charge in [-0.25, -0.2) is 4.98 Å². The molecule has 0 aliphatic heterocycles. The number of nitrogens with one attached hydrogen (secondary N) is 1. The molecular formula is C21H20N2O3. The third kappa shape index (κ3) is 4.60. The third-order valence-electron chi connectivity index (χ3n) is 3.83. The maximum atomic E-state index is 12.3. The number of pyridine rings is 1.